The summed E-state index contributed by atoms with van der Waals surface area (Å²) in [5.41, 5.74) is 6.50. The lowest BCUT2D eigenvalue weighted by Gasteiger charge is -2.25. The third-order valence-corrected chi connectivity index (χ3v) is 8.85. The Morgan fingerprint density at radius 1 is 0.688 bits per heavy atom. The first kappa shape index (κ1) is 20.4. The van der Waals surface area contributed by atoms with E-state index in [1.54, 1.807) is 0 Å². The lowest BCUT2D eigenvalue weighted by Crippen LogP contribution is -2.13. The number of hydrogen-bond donors (Lipinski definition) is 0. The Balaban J connectivity index is 1.68. The Kier molecular flexibility index (Phi) is 5.25. The fourth-order valence-corrected chi connectivity index (χ4v) is 7.35. The van der Waals surface area contributed by atoms with Gasteiger partial charge in [0.25, 0.3) is 0 Å². The van der Waals surface area contributed by atoms with Gasteiger partial charge in [-0.25, -0.2) is 0 Å². The summed E-state index contributed by atoms with van der Waals surface area (Å²) in [6.07, 6.45) is 5.23. The molecule has 4 aromatic carbocycles. The second-order valence-electron chi connectivity index (χ2n) is 8.07. The molecule has 1 unspecified atom stereocenters. The van der Waals surface area contributed by atoms with Crippen molar-refractivity contribution in [3.05, 3.63) is 126 Å². The van der Waals surface area contributed by atoms with Gasteiger partial charge in [0, 0.05) is 0 Å². The molecule has 32 heavy (non-hydrogen) atoms. The average molecular weight is 433 g/mol. The van der Waals surface area contributed by atoms with Gasteiger partial charge in [0.15, 0.2) is 0 Å². The summed E-state index contributed by atoms with van der Waals surface area (Å²) in [5, 5.41) is 1.65. The molecular formula is C29H24NOP. The first-order valence-corrected chi connectivity index (χ1v) is 12.4. The third-order valence-electron chi connectivity index (χ3n) is 5.93. The van der Waals surface area contributed by atoms with Crippen LogP contribution in [0.25, 0.3) is 16.4 Å². The van der Waals surface area contributed by atoms with Crippen LogP contribution in [0.15, 0.2) is 109 Å². The van der Waals surface area contributed by atoms with Gasteiger partial charge in [0.05, 0.1) is 5.30 Å². The molecule has 1 heterocycles. The predicted molar refractivity (Wildman–Crippen MR) is 134 cm³/mol. The molecule has 1 aliphatic rings. The molecule has 0 radical (unpaired) electrons. The smallest absolute Gasteiger partial charge is 0.266 e. The van der Waals surface area contributed by atoms with E-state index in [0.29, 0.717) is 0 Å². The number of hydrogen-bond acceptors (Lipinski definition) is 1. The van der Waals surface area contributed by atoms with E-state index in [2.05, 4.69) is 56.5 Å². The largest absolute Gasteiger partial charge is 0.311 e. The van der Waals surface area contributed by atoms with Crippen LogP contribution in [0.4, 0.5) is 5.69 Å². The SMILES string of the molecule is Cc1cc(-c2ccccc2)cc(C)c1C1=C[C-]=[N+](c2ccccc2)P1(=O)c1ccccc1. The Bertz CT molecular complexity index is 1360. The molecule has 4 aromatic rings. The van der Waals surface area contributed by atoms with Crippen molar-refractivity contribution < 1.29 is 8.91 Å². The average Bonchev–Trinajstić information content (AvgIpc) is 3.18. The molecule has 0 saturated carbocycles. The Labute approximate surface area is 189 Å². The van der Waals surface area contributed by atoms with Crippen molar-refractivity contribution >= 4 is 29.8 Å². The molecule has 0 aromatic heterocycles. The van der Waals surface area contributed by atoms with Crippen molar-refractivity contribution in [2.24, 2.45) is 0 Å². The van der Waals surface area contributed by atoms with E-state index in [1.807, 2.05) is 77.2 Å². The van der Waals surface area contributed by atoms with E-state index in [-0.39, 0.29) is 0 Å². The summed E-state index contributed by atoms with van der Waals surface area (Å²) in [6.45, 7) is 4.21. The van der Waals surface area contributed by atoms with Crippen LogP contribution in [0, 0.1) is 13.8 Å². The molecule has 1 atom stereocenters. The van der Waals surface area contributed by atoms with Crippen molar-refractivity contribution in [2.45, 2.75) is 13.8 Å². The van der Waals surface area contributed by atoms with Gasteiger partial charge in [-0.3, -0.25) is 8.91 Å². The molecule has 5 rings (SSSR count). The van der Waals surface area contributed by atoms with E-state index in [1.165, 1.54) is 11.1 Å². The molecular weight excluding hydrogens is 409 g/mol. The van der Waals surface area contributed by atoms with Crippen LogP contribution in [0.3, 0.4) is 0 Å². The molecule has 1 aliphatic heterocycles. The third kappa shape index (κ3) is 3.38. The van der Waals surface area contributed by atoms with Gasteiger partial charge in [-0.2, -0.15) is 0 Å². The molecule has 156 valence electrons. The summed E-state index contributed by atoms with van der Waals surface area (Å²) in [7, 11) is -3.14. The van der Waals surface area contributed by atoms with E-state index >= 15 is 0 Å². The zero-order valence-corrected chi connectivity index (χ0v) is 19.1. The minimum absolute atomic E-state index is 0.811. The maximum absolute atomic E-state index is 14.9. The van der Waals surface area contributed by atoms with E-state index < -0.39 is 7.29 Å². The highest BCUT2D eigenvalue weighted by molar-refractivity contribution is 7.76. The Morgan fingerprint density at radius 2 is 1.22 bits per heavy atom. The summed E-state index contributed by atoms with van der Waals surface area (Å²) in [4.78, 5) is 0. The monoisotopic (exact) mass is 433 g/mol. The molecule has 0 N–H and O–H groups in total. The first-order chi connectivity index (χ1) is 15.6. The van der Waals surface area contributed by atoms with Crippen LogP contribution in [-0.4, -0.2) is 10.6 Å². The lowest BCUT2D eigenvalue weighted by atomic mass is 9.95. The van der Waals surface area contributed by atoms with Crippen LogP contribution < -0.4 is 5.30 Å². The fourth-order valence-electron chi connectivity index (χ4n) is 4.48. The summed E-state index contributed by atoms with van der Waals surface area (Å²) >= 11 is 0. The zero-order valence-electron chi connectivity index (χ0n) is 18.2. The van der Waals surface area contributed by atoms with E-state index in [9.17, 15) is 4.57 Å². The fraction of sp³-hybridized carbons (Fsp3) is 0.0690. The van der Waals surface area contributed by atoms with Crippen LogP contribution in [0.1, 0.15) is 16.7 Å². The van der Waals surface area contributed by atoms with Gasteiger partial charge in [0.2, 0.25) is 0 Å². The molecule has 0 aliphatic carbocycles. The van der Waals surface area contributed by atoms with Crippen LogP contribution in [-0.2, 0) is 4.57 Å². The van der Waals surface area contributed by atoms with Gasteiger partial charge < -0.3 is 0 Å². The standard InChI is InChI=1S/C29H24NOP/c1-22-20-25(24-12-6-3-7-13-24)21-23(2)29(22)28-18-19-30(26-14-8-4-9-15-26)32(28,31)27-16-10-5-11-17-27/h3-18,20-21H,1-2H3. The van der Waals surface area contributed by atoms with Crippen LogP contribution in [0.5, 0.6) is 0 Å². The number of rotatable bonds is 4. The molecule has 0 saturated heterocycles. The second-order valence-corrected chi connectivity index (χ2v) is 10.6. The number of nitrogens with zero attached hydrogens (tertiary/aromatic N) is 1. The molecule has 0 bridgehead atoms. The van der Waals surface area contributed by atoms with Crippen molar-refractivity contribution in [1.82, 2.24) is 0 Å². The Morgan fingerprint density at radius 3 is 1.81 bits per heavy atom. The number of para-hydroxylation sites is 1. The molecule has 0 spiro atoms. The molecule has 3 heteroatoms. The molecule has 0 amide bonds. The molecule has 2 nitrogen and oxygen atoms in total. The highest BCUT2D eigenvalue weighted by Gasteiger charge is 2.40. The van der Waals surface area contributed by atoms with Crippen molar-refractivity contribution in [1.29, 1.82) is 0 Å². The van der Waals surface area contributed by atoms with Gasteiger partial charge in [-0.1, -0.05) is 102 Å². The van der Waals surface area contributed by atoms with Gasteiger partial charge in [-0.05, 0) is 54.6 Å². The number of benzene rings is 4. The number of aryl methyl sites for hydroxylation is 2. The summed E-state index contributed by atoms with van der Waals surface area (Å²) < 4.78 is 16.8. The van der Waals surface area contributed by atoms with E-state index in [4.69, 9.17) is 0 Å². The summed E-state index contributed by atoms with van der Waals surface area (Å²) in [6, 6.07) is 34.4. The van der Waals surface area contributed by atoms with Crippen molar-refractivity contribution in [3.63, 3.8) is 0 Å². The first-order valence-electron chi connectivity index (χ1n) is 10.7. The second kappa shape index (κ2) is 8.22. The normalized spacial score (nSPS) is 17.7. The minimum Gasteiger partial charge on any atom is -0.266 e. The maximum Gasteiger partial charge on any atom is 0.311 e. The van der Waals surface area contributed by atoms with Crippen molar-refractivity contribution in [2.75, 3.05) is 0 Å². The van der Waals surface area contributed by atoms with Gasteiger partial charge in [0.1, 0.15) is 11.9 Å². The summed E-state index contributed by atoms with van der Waals surface area (Å²) in [5.74, 6) is 0. The highest BCUT2D eigenvalue weighted by Crippen LogP contribution is 2.63. The zero-order chi connectivity index (χ0) is 22.1. The minimum atomic E-state index is -3.14. The van der Waals surface area contributed by atoms with E-state index in [0.717, 1.165) is 33.0 Å². The molecule has 0 fully saturated rings. The van der Waals surface area contributed by atoms with Crippen LogP contribution in [0.2, 0.25) is 0 Å². The van der Waals surface area contributed by atoms with Crippen molar-refractivity contribution in [3.8, 4) is 11.1 Å². The predicted octanol–water partition coefficient (Wildman–Crippen LogP) is 7.22. The number of allylic oxidation sites excluding steroid dienone is 1. The quantitative estimate of drug-likeness (QED) is 0.246. The highest BCUT2D eigenvalue weighted by atomic mass is 31.2. The van der Waals surface area contributed by atoms with Crippen LogP contribution >= 0.6 is 7.29 Å². The maximum atomic E-state index is 14.9. The Hall–Kier alpha value is -3.48. The van der Waals surface area contributed by atoms with Gasteiger partial charge in [-0.15, -0.1) is 0 Å². The lowest BCUT2D eigenvalue weighted by molar-refractivity contribution is -0.254. The van der Waals surface area contributed by atoms with Gasteiger partial charge >= 0.3 is 7.29 Å². The topological polar surface area (TPSA) is 20.1 Å².